The molecule has 3 aromatic rings. The predicted octanol–water partition coefficient (Wildman–Crippen LogP) is 5.15. The molecule has 3 heterocycles. The van der Waals surface area contributed by atoms with Crippen molar-refractivity contribution in [3.8, 4) is 11.4 Å². The van der Waals surface area contributed by atoms with Gasteiger partial charge >= 0.3 is 6.18 Å². The van der Waals surface area contributed by atoms with Crippen LogP contribution in [0.25, 0.3) is 11.4 Å². The molecule has 2 aromatic carbocycles. The van der Waals surface area contributed by atoms with Gasteiger partial charge in [-0.1, -0.05) is 36.9 Å². The maximum atomic E-state index is 14.5. The minimum atomic E-state index is -4.66. The van der Waals surface area contributed by atoms with Crippen molar-refractivity contribution in [3.05, 3.63) is 77.7 Å². The smallest absolute Gasteiger partial charge is 0.419 e. The molecule has 2 unspecified atom stereocenters. The summed E-state index contributed by atoms with van der Waals surface area (Å²) in [5.74, 6) is 0.328. The van der Waals surface area contributed by atoms with Crippen molar-refractivity contribution < 1.29 is 27.0 Å². The average Bonchev–Trinajstić information content (AvgIpc) is 3.47. The van der Waals surface area contributed by atoms with Gasteiger partial charge < -0.3 is 20.5 Å². The van der Waals surface area contributed by atoms with Gasteiger partial charge in [-0.05, 0) is 31.5 Å². The molecule has 1 saturated heterocycles. The van der Waals surface area contributed by atoms with Crippen LogP contribution in [-0.2, 0) is 16.8 Å². The van der Waals surface area contributed by atoms with Crippen molar-refractivity contribution in [2.24, 2.45) is 10.7 Å². The van der Waals surface area contributed by atoms with Crippen LogP contribution in [-0.4, -0.2) is 40.5 Å². The van der Waals surface area contributed by atoms with Crippen molar-refractivity contribution in [2.45, 2.75) is 44.1 Å². The number of benzene rings is 2. The van der Waals surface area contributed by atoms with E-state index >= 15 is 0 Å². The number of aliphatic imine (C=N–C) groups is 1. The highest BCUT2D eigenvalue weighted by molar-refractivity contribution is 5.83. The second kappa shape index (κ2) is 9.16. The lowest BCUT2D eigenvalue weighted by atomic mass is 9.74. The molecule has 5 rings (SSSR count). The van der Waals surface area contributed by atoms with Crippen LogP contribution < -0.4 is 15.8 Å². The Balaban J connectivity index is 1.40. The number of hydrogen-bond donors (Lipinski definition) is 2. The van der Waals surface area contributed by atoms with Crippen LogP contribution in [0.4, 0.5) is 23.4 Å². The first-order chi connectivity index (χ1) is 17.9. The SMILES string of the molecule is C=C(NCC1(C(F)(F)F)CC(C)(c2cccc3c2OCC3)O1)c1cnn(-c2ccccc2F)c1/N=C(/C)N. The third-order valence-corrected chi connectivity index (χ3v) is 6.86. The molecule has 0 saturated carbocycles. The molecule has 0 aliphatic carbocycles. The van der Waals surface area contributed by atoms with Gasteiger partial charge in [0, 0.05) is 24.1 Å². The van der Waals surface area contributed by atoms with Gasteiger partial charge in [-0.15, -0.1) is 0 Å². The maximum absolute atomic E-state index is 14.5. The molecule has 1 fully saturated rings. The van der Waals surface area contributed by atoms with Crippen LogP contribution in [0.2, 0.25) is 0 Å². The lowest BCUT2D eigenvalue weighted by Crippen LogP contribution is -2.68. The first kappa shape index (κ1) is 25.8. The fourth-order valence-electron chi connectivity index (χ4n) is 5.08. The van der Waals surface area contributed by atoms with Crippen LogP contribution in [0.5, 0.6) is 5.75 Å². The van der Waals surface area contributed by atoms with Gasteiger partial charge in [-0.2, -0.15) is 18.3 Å². The minimum Gasteiger partial charge on any atom is -0.493 e. The van der Waals surface area contributed by atoms with Gasteiger partial charge in [0.25, 0.3) is 0 Å². The maximum Gasteiger partial charge on any atom is 0.419 e. The second-order valence-corrected chi connectivity index (χ2v) is 9.72. The van der Waals surface area contributed by atoms with E-state index in [1.54, 1.807) is 25.1 Å². The molecule has 1 aromatic heterocycles. The van der Waals surface area contributed by atoms with Crippen molar-refractivity contribution in [2.75, 3.05) is 13.2 Å². The summed E-state index contributed by atoms with van der Waals surface area (Å²) in [5.41, 5.74) is 4.20. The number of amidine groups is 1. The van der Waals surface area contributed by atoms with E-state index in [1.807, 2.05) is 6.07 Å². The Morgan fingerprint density at radius 3 is 2.66 bits per heavy atom. The molecule has 0 bridgehead atoms. The quantitative estimate of drug-likeness (QED) is 0.251. The van der Waals surface area contributed by atoms with E-state index in [0.29, 0.717) is 24.3 Å². The molecular weight excluding hydrogens is 502 g/mol. The van der Waals surface area contributed by atoms with Crippen LogP contribution in [0, 0.1) is 5.82 Å². The third kappa shape index (κ3) is 4.30. The Hall–Kier alpha value is -3.86. The highest BCUT2D eigenvalue weighted by Gasteiger charge is 2.68. The Morgan fingerprint density at radius 1 is 1.24 bits per heavy atom. The van der Waals surface area contributed by atoms with Gasteiger partial charge in [-0.3, -0.25) is 0 Å². The zero-order chi connectivity index (χ0) is 27.3. The molecule has 2 aliphatic heterocycles. The number of para-hydroxylation sites is 2. The molecule has 11 heteroatoms. The molecule has 0 radical (unpaired) electrons. The Labute approximate surface area is 217 Å². The molecule has 3 N–H and O–H groups in total. The summed E-state index contributed by atoms with van der Waals surface area (Å²) in [4.78, 5) is 4.24. The Bertz CT molecular complexity index is 1420. The first-order valence-electron chi connectivity index (χ1n) is 12.0. The van der Waals surface area contributed by atoms with E-state index in [2.05, 4.69) is 22.0 Å². The predicted molar refractivity (Wildman–Crippen MR) is 135 cm³/mol. The summed E-state index contributed by atoms with van der Waals surface area (Å²) in [6.45, 7) is 6.95. The highest BCUT2D eigenvalue weighted by Crippen LogP contribution is 2.57. The molecule has 2 atom stereocenters. The van der Waals surface area contributed by atoms with Gasteiger partial charge in [0.15, 0.2) is 11.4 Å². The topological polar surface area (TPSA) is 86.7 Å². The van der Waals surface area contributed by atoms with Gasteiger partial charge in [0.05, 0.1) is 36.3 Å². The van der Waals surface area contributed by atoms with Crippen molar-refractivity contribution in [3.63, 3.8) is 0 Å². The molecule has 2 aliphatic rings. The summed E-state index contributed by atoms with van der Waals surface area (Å²) in [6.07, 6.45) is -2.92. The van der Waals surface area contributed by atoms with Gasteiger partial charge in [0.1, 0.15) is 17.3 Å². The number of rotatable bonds is 7. The number of ether oxygens (including phenoxy) is 2. The van der Waals surface area contributed by atoms with E-state index in [-0.39, 0.29) is 35.0 Å². The monoisotopic (exact) mass is 529 g/mol. The van der Waals surface area contributed by atoms with Gasteiger partial charge in [0.2, 0.25) is 0 Å². The summed E-state index contributed by atoms with van der Waals surface area (Å²) in [7, 11) is 0. The zero-order valence-electron chi connectivity index (χ0n) is 20.9. The number of halogens is 4. The molecule has 200 valence electrons. The van der Waals surface area contributed by atoms with Crippen LogP contribution in [0.1, 0.15) is 37.0 Å². The van der Waals surface area contributed by atoms with E-state index in [9.17, 15) is 17.6 Å². The fraction of sp³-hybridized carbons (Fsp3) is 0.333. The van der Waals surface area contributed by atoms with E-state index in [0.717, 1.165) is 5.56 Å². The molecular formula is C27H27F4N5O2. The minimum absolute atomic E-state index is 0.106. The van der Waals surface area contributed by atoms with Crippen molar-refractivity contribution in [1.82, 2.24) is 15.1 Å². The van der Waals surface area contributed by atoms with Gasteiger partial charge in [-0.25, -0.2) is 14.1 Å². The molecule has 7 nitrogen and oxygen atoms in total. The summed E-state index contributed by atoms with van der Waals surface area (Å²) in [5, 5.41) is 6.95. The second-order valence-electron chi connectivity index (χ2n) is 9.72. The average molecular weight is 530 g/mol. The first-order valence-corrected chi connectivity index (χ1v) is 12.0. The molecule has 38 heavy (non-hydrogen) atoms. The standard InChI is InChI=1S/C27H27F4N5O2/c1-16(19-13-34-36(24(19)35-17(2)32)22-10-5-4-9-21(22)28)33-15-26(27(29,30)31)14-25(3,38-26)20-8-6-7-18-11-12-37-23(18)20/h4-10,13,33H,1,11-12,14-15H2,2-3H3,(H2,32,35). The van der Waals surface area contributed by atoms with Crippen LogP contribution >= 0.6 is 0 Å². The number of nitrogens with one attached hydrogen (secondary N) is 1. The van der Waals surface area contributed by atoms with Crippen molar-refractivity contribution in [1.29, 1.82) is 0 Å². The zero-order valence-corrected chi connectivity index (χ0v) is 20.9. The van der Waals surface area contributed by atoms with E-state index in [1.165, 1.54) is 36.0 Å². The Morgan fingerprint density at radius 2 is 1.97 bits per heavy atom. The Kier molecular flexibility index (Phi) is 6.21. The largest absolute Gasteiger partial charge is 0.493 e. The lowest BCUT2D eigenvalue weighted by Gasteiger charge is -2.55. The third-order valence-electron chi connectivity index (χ3n) is 6.86. The van der Waals surface area contributed by atoms with E-state index in [4.69, 9.17) is 15.2 Å². The molecule has 0 amide bonds. The summed E-state index contributed by atoms with van der Waals surface area (Å²) >= 11 is 0. The van der Waals surface area contributed by atoms with Crippen molar-refractivity contribution >= 4 is 17.4 Å². The summed E-state index contributed by atoms with van der Waals surface area (Å²) in [6, 6.07) is 11.4. The lowest BCUT2D eigenvalue weighted by molar-refractivity contribution is -0.382. The van der Waals surface area contributed by atoms with E-state index < -0.39 is 29.7 Å². The number of fused-ring (bicyclic) bond motifs is 1. The highest BCUT2D eigenvalue weighted by atomic mass is 19.4. The van der Waals surface area contributed by atoms with Crippen LogP contribution in [0.15, 0.2) is 60.2 Å². The number of alkyl halides is 3. The van der Waals surface area contributed by atoms with Crippen LogP contribution in [0.3, 0.4) is 0 Å². The molecule has 0 spiro atoms. The number of hydrogen-bond acceptors (Lipinski definition) is 5. The fourth-order valence-corrected chi connectivity index (χ4v) is 5.08. The normalized spacial score (nSPS) is 22.9. The number of aromatic nitrogens is 2. The summed E-state index contributed by atoms with van der Waals surface area (Å²) < 4.78 is 70.1. The number of nitrogens with two attached hydrogens (primary N) is 1. The number of nitrogens with zero attached hydrogens (tertiary/aromatic N) is 3.